The van der Waals surface area contributed by atoms with E-state index in [0.29, 0.717) is 16.7 Å². The van der Waals surface area contributed by atoms with Crippen molar-refractivity contribution in [1.82, 2.24) is 0 Å². The van der Waals surface area contributed by atoms with Crippen LogP contribution in [0.25, 0.3) is 54.6 Å². The molecule has 1 unspecified atom stereocenters. The lowest BCUT2D eigenvalue weighted by atomic mass is 9.78. The molecule has 1 aliphatic rings. The second-order valence-corrected chi connectivity index (χ2v) is 13.0. The van der Waals surface area contributed by atoms with Crippen molar-refractivity contribution in [3.8, 4) is 22.3 Å². The van der Waals surface area contributed by atoms with E-state index in [2.05, 4.69) is 69.8 Å². The molecule has 0 radical (unpaired) electrons. The summed E-state index contributed by atoms with van der Waals surface area (Å²) >= 11 is 0. The second kappa shape index (κ2) is 9.43. The number of benzene rings is 6. The minimum absolute atomic E-state index is 0.000451. The van der Waals surface area contributed by atoms with Crippen LogP contribution >= 0.6 is 0 Å². The van der Waals surface area contributed by atoms with E-state index in [9.17, 15) is 4.79 Å². The summed E-state index contributed by atoms with van der Waals surface area (Å²) in [6.45, 7) is 11.1. The fraction of sp³-hybridized carbons (Fsp3) is 0.205. The van der Waals surface area contributed by atoms with Crippen LogP contribution in [0, 0.1) is 0 Å². The number of hydrogen-bond donors (Lipinski definition) is 0. The van der Waals surface area contributed by atoms with Crippen LogP contribution in [0.3, 0.4) is 0 Å². The van der Waals surface area contributed by atoms with Crippen LogP contribution in [0.1, 0.15) is 49.9 Å². The number of esters is 1. The van der Waals surface area contributed by atoms with Crippen molar-refractivity contribution in [1.29, 1.82) is 0 Å². The van der Waals surface area contributed by atoms with Crippen molar-refractivity contribution in [3.63, 3.8) is 0 Å². The Morgan fingerprint density at radius 3 is 2.02 bits per heavy atom. The van der Waals surface area contributed by atoms with E-state index in [1.807, 2.05) is 18.2 Å². The van der Waals surface area contributed by atoms with Crippen molar-refractivity contribution in [2.75, 3.05) is 0 Å². The summed E-state index contributed by atoms with van der Waals surface area (Å²) in [5.41, 5.74) is 2.62. The van der Waals surface area contributed by atoms with Gasteiger partial charge in [-0.3, -0.25) is 0 Å². The number of alkyl halides is 3. The van der Waals surface area contributed by atoms with E-state index in [-0.39, 0.29) is 23.1 Å². The first-order valence-corrected chi connectivity index (χ1v) is 14.7. The van der Waals surface area contributed by atoms with Crippen LogP contribution in [-0.4, -0.2) is 12.1 Å². The molecule has 7 rings (SSSR count). The van der Waals surface area contributed by atoms with Crippen LogP contribution in [0.2, 0.25) is 0 Å². The zero-order valence-corrected chi connectivity index (χ0v) is 25.0. The summed E-state index contributed by atoms with van der Waals surface area (Å²) in [4.78, 5) is 11.6. The largest absolute Gasteiger partial charge is 0.458 e. The third-order valence-electron chi connectivity index (χ3n) is 9.36. The predicted molar refractivity (Wildman–Crippen MR) is 172 cm³/mol. The van der Waals surface area contributed by atoms with Gasteiger partial charge in [0.25, 0.3) is 0 Å². The fourth-order valence-corrected chi connectivity index (χ4v) is 6.86. The molecule has 0 aromatic heterocycles. The number of ether oxygens (including phenoxy) is 1. The molecule has 0 heterocycles. The fourth-order valence-electron chi connectivity index (χ4n) is 6.86. The zero-order valence-electron chi connectivity index (χ0n) is 25.0. The SMILES string of the molecule is C=CC(=O)OCc1ccc2c(c1)C(C)(C(F)(F)F)c1cc(-c3ccc4ccc5cc(C(C)(C)C)cc6ccc3c4c56)ccc1-2. The Labute approximate surface area is 254 Å². The molecule has 0 aliphatic heterocycles. The minimum Gasteiger partial charge on any atom is -0.458 e. The van der Waals surface area contributed by atoms with Gasteiger partial charge in [0.15, 0.2) is 0 Å². The quantitative estimate of drug-likeness (QED) is 0.116. The highest BCUT2D eigenvalue weighted by Crippen LogP contribution is 2.57. The maximum absolute atomic E-state index is 15.1. The molecule has 44 heavy (non-hydrogen) atoms. The summed E-state index contributed by atoms with van der Waals surface area (Å²) in [6.07, 6.45) is -3.53. The highest BCUT2D eigenvalue weighted by atomic mass is 19.4. The molecule has 0 N–H and O–H groups in total. The number of halogens is 3. The average Bonchev–Trinajstić information content (AvgIpc) is 3.26. The molecule has 6 aromatic rings. The first-order valence-electron chi connectivity index (χ1n) is 14.7. The Bertz CT molecular complexity index is 2130. The van der Waals surface area contributed by atoms with Gasteiger partial charge in [-0.15, -0.1) is 0 Å². The third kappa shape index (κ3) is 4.06. The number of carbonyl (C=O) groups is 1. The minimum atomic E-state index is -4.56. The van der Waals surface area contributed by atoms with Gasteiger partial charge in [0.2, 0.25) is 0 Å². The number of carbonyl (C=O) groups excluding carboxylic acids is 1. The summed E-state index contributed by atoms with van der Waals surface area (Å²) in [7, 11) is 0. The summed E-state index contributed by atoms with van der Waals surface area (Å²) in [6, 6.07) is 27.5. The summed E-state index contributed by atoms with van der Waals surface area (Å²) in [5, 5.41) is 6.73. The van der Waals surface area contributed by atoms with E-state index in [1.54, 1.807) is 18.2 Å². The topological polar surface area (TPSA) is 26.3 Å². The maximum atomic E-state index is 15.1. The predicted octanol–water partition coefficient (Wildman–Crippen LogP) is 10.6. The first-order chi connectivity index (χ1) is 20.8. The summed E-state index contributed by atoms with van der Waals surface area (Å²) < 4.78 is 50.4. The Hall–Kier alpha value is -4.64. The van der Waals surface area contributed by atoms with Crippen LogP contribution in [0.5, 0.6) is 0 Å². The number of hydrogen-bond acceptors (Lipinski definition) is 2. The molecule has 0 saturated heterocycles. The lowest BCUT2D eigenvalue weighted by Gasteiger charge is -2.30. The molecule has 0 bridgehead atoms. The van der Waals surface area contributed by atoms with Gasteiger partial charge in [-0.1, -0.05) is 106 Å². The van der Waals surface area contributed by atoms with E-state index in [1.165, 1.54) is 23.9 Å². The number of fused-ring (bicyclic) bond motifs is 3. The van der Waals surface area contributed by atoms with E-state index >= 15 is 13.2 Å². The maximum Gasteiger partial charge on any atom is 0.402 e. The van der Waals surface area contributed by atoms with Crippen molar-refractivity contribution in [2.24, 2.45) is 0 Å². The van der Waals surface area contributed by atoms with E-state index in [4.69, 9.17) is 4.74 Å². The van der Waals surface area contributed by atoms with Gasteiger partial charge >= 0.3 is 12.1 Å². The second-order valence-electron chi connectivity index (χ2n) is 13.0. The van der Waals surface area contributed by atoms with Gasteiger partial charge < -0.3 is 4.74 Å². The number of rotatable bonds is 4. The molecule has 0 fully saturated rings. The van der Waals surface area contributed by atoms with Crippen molar-refractivity contribution in [3.05, 3.63) is 120 Å². The van der Waals surface area contributed by atoms with Gasteiger partial charge in [-0.25, -0.2) is 4.79 Å². The molecule has 1 aliphatic carbocycles. The standard InChI is InChI=1S/C39H31F3O2/c1-6-34(43)44-21-22-7-13-29-30-15-11-24(20-33(30)38(5,32(29)17-22)39(40,41)42)28-14-10-23-8-9-25-18-27(37(2,3)4)19-26-12-16-31(28)36(23)35(25)26/h6-20H,1,21H2,2-5H3. The molecule has 220 valence electrons. The lowest BCUT2D eigenvalue weighted by molar-refractivity contribution is -0.172. The monoisotopic (exact) mass is 588 g/mol. The van der Waals surface area contributed by atoms with Crippen LogP contribution in [0.15, 0.2) is 97.6 Å². The molecule has 2 nitrogen and oxygen atoms in total. The van der Waals surface area contributed by atoms with Gasteiger partial charge in [0, 0.05) is 6.08 Å². The van der Waals surface area contributed by atoms with Crippen molar-refractivity contribution < 1.29 is 22.7 Å². The van der Waals surface area contributed by atoms with Crippen molar-refractivity contribution in [2.45, 2.75) is 51.3 Å². The van der Waals surface area contributed by atoms with Gasteiger partial charge in [0.05, 0.1) is 0 Å². The van der Waals surface area contributed by atoms with Crippen LogP contribution in [-0.2, 0) is 27.0 Å². The van der Waals surface area contributed by atoms with Gasteiger partial charge in [-0.05, 0) is 95.2 Å². The smallest absolute Gasteiger partial charge is 0.402 e. The van der Waals surface area contributed by atoms with E-state index in [0.717, 1.165) is 44.1 Å². The highest BCUT2D eigenvalue weighted by molar-refractivity contribution is 6.25. The molecule has 5 heteroatoms. The third-order valence-corrected chi connectivity index (χ3v) is 9.36. The Balaban J connectivity index is 1.40. The Morgan fingerprint density at radius 2 is 1.36 bits per heavy atom. The lowest BCUT2D eigenvalue weighted by Crippen LogP contribution is -2.39. The first kappa shape index (κ1) is 28.1. The van der Waals surface area contributed by atoms with Crippen LogP contribution in [0.4, 0.5) is 13.2 Å². The molecule has 0 saturated carbocycles. The summed E-state index contributed by atoms with van der Waals surface area (Å²) in [5.74, 6) is -0.625. The van der Waals surface area contributed by atoms with Crippen LogP contribution < -0.4 is 0 Å². The molecular formula is C39H31F3O2. The van der Waals surface area contributed by atoms with E-state index < -0.39 is 17.6 Å². The molecule has 0 amide bonds. The van der Waals surface area contributed by atoms with Crippen molar-refractivity contribution >= 4 is 38.3 Å². The average molecular weight is 589 g/mol. The van der Waals surface area contributed by atoms with Gasteiger partial charge in [-0.2, -0.15) is 13.2 Å². The highest BCUT2D eigenvalue weighted by Gasteiger charge is 2.58. The molecule has 0 spiro atoms. The zero-order chi connectivity index (χ0) is 31.2. The van der Waals surface area contributed by atoms with Gasteiger partial charge in [0.1, 0.15) is 12.0 Å². The molecule has 1 atom stereocenters. The normalized spacial score (nSPS) is 16.4. The Morgan fingerprint density at radius 1 is 0.773 bits per heavy atom. The Kier molecular flexibility index (Phi) is 6.03. The molecule has 6 aromatic carbocycles. The molecular weight excluding hydrogens is 557 g/mol.